The van der Waals surface area contributed by atoms with Gasteiger partial charge in [-0.15, -0.1) is 0 Å². The third kappa shape index (κ3) is 4.70. The molecule has 8 heteroatoms. The van der Waals surface area contributed by atoms with Crippen molar-refractivity contribution < 1.29 is 32.6 Å². The Morgan fingerprint density at radius 3 is 2.07 bits per heavy atom. The van der Waals surface area contributed by atoms with Crippen LogP contribution in [0.4, 0.5) is 18.0 Å². The van der Waals surface area contributed by atoms with Gasteiger partial charge in [0.15, 0.2) is 0 Å². The van der Waals surface area contributed by atoms with E-state index in [9.17, 15) is 27.9 Å². The zero-order chi connectivity index (χ0) is 21.2. The molecular weight excluding hydrogens is 387 g/mol. The Balaban J connectivity index is 1.68. The highest BCUT2D eigenvalue weighted by atomic mass is 19.4. The van der Waals surface area contributed by atoms with Gasteiger partial charge in [-0.3, -0.25) is 0 Å². The second-order valence-electron chi connectivity index (χ2n) is 7.08. The highest BCUT2D eigenvalue weighted by Gasteiger charge is 2.37. The number of amides is 1. The number of alkyl halides is 3. The summed E-state index contributed by atoms with van der Waals surface area (Å²) >= 11 is 0. The molecule has 0 aromatic heterocycles. The molecule has 5 nitrogen and oxygen atoms in total. The van der Waals surface area contributed by atoms with Gasteiger partial charge in [-0.25, -0.2) is 9.59 Å². The first-order valence-electron chi connectivity index (χ1n) is 9.08. The molecule has 0 aliphatic heterocycles. The van der Waals surface area contributed by atoms with Crippen LogP contribution in [0, 0.1) is 5.92 Å². The van der Waals surface area contributed by atoms with Crippen molar-refractivity contribution in [2.24, 2.45) is 5.92 Å². The average molecular weight is 407 g/mol. The van der Waals surface area contributed by atoms with Crippen molar-refractivity contribution >= 4 is 12.1 Å². The van der Waals surface area contributed by atoms with Crippen LogP contribution < -0.4 is 5.32 Å². The lowest BCUT2D eigenvalue weighted by molar-refractivity contribution is -0.153. The van der Waals surface area contributed by atoms with Crippen LogP contribution >= 0.6 is 0 Å². The van der Waals surface area contributed by atoms with Crippen molar-refractivity contribution in [3.05, 3.63) is 59.7 Å². The molecule has 1 amide bonds. The largest absolute Gasteiger partial charge is 0.480 e. The van der Waals surface area contributed by atoms with Crippen LogP contribution in [0.15, 0.2) is 48.5 Å². The van der Waals surface area contributed by atoms with Crippen LogP contribution in [0.1, 0.15) is 30.4 Å². The van der Waals surface area contributed by atoms with Crippen LogP contribution in [0.3, 0.4) is 0 Å². The van der Waals surface area contributed by atoms with Gasteiger partial charge in [0.2, 0.25) is 0 Å². The number of hydrogen-bond acceptors (Lipinski definition) is 3. The van der Waals surface area contributed by atoms with Crippen molar-refractivity contribution in [3.8, 4) is 11.1 Å². The lowest BCUT2D eigenvalue weighted by Crippen LogP contribution is -2.46. The first-order valence-corrected chi connectivity index (χ1v) is 9.08. The van der Waals surface area contributed by atoms with E-state index in [1.165, 1.54) is 0 Å². The van der Waals surface area contributed by atoms with Crippen LogP contribution in [-0.4, -0.2) is 36.0 Å². The van der Waals surface area contributed by atoms with Gasteiger partial charge in [0.1, 0.15) is 12.6 Å². The van der Waals surface area contributed by atoms with Gasteiger partial charge in [-0.1, -0.05) is 55.5 Å². The van der Waals surface area contributed by atoms with E-state index in [2.05, 4.69) is 5.32 Å². The number of rotatable bonds is 6. The maximum Gasteiger partial charge on any atom is 0.407 e. The fourth-order valence-corrected chi connectivity index (χ4v) is 3.70. The highest BCUT2D eigenvalue weighted by Crippen LogP contribution is 2.44. The second kappa shape index (κ2) is 8.14. The number of carboxylic acids is 1. The summed E-state index contributed by atoms with van der Waals surface area (Å²) in [7, 11) is 0. The number of carbonyl (C=O) groups excluding carboxylic acids is 1. The van der Waals surface area contributed by atoms with E-state index in [0.717, 1.165) is 29.2 Å². The molecular formula is C21H20F3NO4. The molecule has 1 aliphatic carbocycles. The summed E-state index contributed by atoms with van der Waals surface area (Å²) in [4.78, 5) is 23.4. The Kier molecular flexibility index (Phi) is 5.81. The van der Waals surface area contributed by atoms with E-state index in [-0.39, 0.29) is 12.5 Å². The predicted octanol–water partition coefficient (Wildman–Crippen LogP) is 4.57. The molecule has 0 saturated carbocycles. The summed E-state index contributed by atoms with van der Waals surface area (Å²) in [6.07, 6.45) is -6.92. The average Bonchev–Trinajstić information content (AvgIpc) is 2.96. The van der Waals surface area contributed by atoms with Crippen molar-refractivity contribution in [1.82, 2.24) is 5.32 Å². The van der Waals surface area contributed by atoms with Crippen LogP contribution in [0.2, 0.25) is 0 Å². The number of halogens is 3. The van der Waals surface area contributed by atoms with Crippen LogP contribution in [0.5, 0.6) is 0 Å². The molecule has 1 aliphatic rings. The zero-order valence-electron chi connectivity index (χ0n) is 15.6. The highest BCUT2D eigenvalue weighted by molar-refractivity contribution is 5.81. The third-order valence-corrected chi connectivity index (χ3v) is 5.01. The quantitative estimate of drug-likeness (QED) is 0.736. The molecule has 3 rings (SSSR count). The Bertz CT molecular complexity index is 867. The zero-order valence-corrected chi connectivity index (χ0v) is 15.6. The molecule has 0 bridgehead atoms. The molecule has 0 unspecified atom stereocenters. The fraction of sp³-hybridized carbons (Fsp3) is 0.333. The van der Waals surface area contributed by atoms with E-state index in [0.29, 0.717) is 0 Å². The summed E-state index contributed by atoms with van der Waals surface area (Å²) in [5, 5.41) is 11.2. The SMILES string of the molecule is C[C@@H](CC(F)(F)F)[C@H](NC(=O)OCC1c2ccccc2-c2ccccc21)C(=O)O. The minimum Gasteiger partial charge on any atom is -0.480 e. The number of hydrogen-bond donors (Lipinski definition) is 2. The molecule has 0 heterocycles. The second-order valence-corrected chi connectivity index (χ2v) is 7.08. The minimum absolute atomic E-state index is 0.0557. The molecule has 2 atom stereocenters. The fourth-order valence-electron chi connectivity index (χ4n) is 3.70. The lowest BCUT2D eigenvalue weighted by Gasteiger charge is -2.22. The van der Waals surface area contributed by atoms with Gasteiger partial charge >= 0.3 is 18.2 Å². The summed E-state index contributed by atoms with van der Waals surface area (Å²) in [6, 6.07) is 13.6. The third-order valence-electron chi connectivity index (χ3n) is 5.01. The molecule has 154 valence electrons. The number of benzene rings is 2. The van der Waals surface area contributed by atoms with E-state index in [1.54, 1.807) is 0 Å². The molecule has 2 aromatic rings. The molecule has 0 spiro atoms. The maximum atomic E-state index is 12.6. The van der Waals surface area contributed by atoms with Gasteiger partial charge in [0, 0.05) is 12.3 Å². The normalized spacial score (nSPS) is 15.2. The predicted molar refractivity (Wildman–Crippen MR) is 99.5 cm³/mol. The van der Waals surface area contributed by atoms with E-state index in [1.807, 2.05) is 48.5 Å². The van der Waals surface area contributed by atoms with Gasteiger partial charge in [0.05, 0.1) is 0 Å². The number of carboxylic acid groups (broad SMARTS) is 1. The Morgan fingerprint density at radius 2 is 1.59 bits per heavy atom. The van der Waals surface area contributed by atoms with Crippen LogP contribution in [-0.2, 0) is 9.53 Å². The smallest absolute Gasteiger partial charge is 0.407 e. The number of carbonyl (C=O) groups is 2. The number of fused-ring (bicyclic) bond motifs is 3. The van der Waals surface area contributed by atoms with Gasteiger partial charge in [-0.05, 0) is 28.2 Å². The number of ether oxygens (including phenoxy) is 1. The Morgan fingerprint density at radius 1 is 1.07 bits per heavy atom. The molecule has 0 saturated heterocycles. The van der Waals surface area contributed by atoms with Crippen LogP contribution in [0.25, 0.3) is 11.1 Å². The van der Waals surface area contributed by atoms with Crippen molar-refractivity contribution in [1.29, 1.82) is 0 Å². The van der Waals surface area contributed by atoms with Crippen molar-refractivity contribution in [2.75, 3.05) is 6.61 Å². The number of nitrogens with one attached hydrogen (secondary N) is 1. The van der Waals surface area contributed by atoms with Gasteiger partial charge in [0.25, 0.3) is 0 Å². The number of alkyl carbamates (subject to hydrolysis) is 1. The van der Waals surface area contributed by atoms with E-state index < -0.39 is 36.6 Å². The van der Waals surface area contributed by atoms with Gasteiger partial charge < -0.3 is 15.2 Å². The molecule has 0 fully saturated rings. The Labute approximate surface area is 165 Å². The molecule has 2 N–H and O–H groups in total. The first-order chi connectivity index (χ1) is 13.7. The topological polar surface area (TPSA) is 75.6 Å². The minimum atomic E-state index is -4.53. The summed E-state index contributed by atoms with van der Waals surface area (Å²) in [5.74, 6) is -3.12. The van der Waals surface area contributed by atoms with Gasteiger partial charge in [-0.2, -0.15) is 13.2 Å². The lowest BCUT2D eigenvalue weighted by atomic mass is 9.98. The summed E-state index contributed by atoms with van der Waals surface area (Å²) < 4.78 is 42.9. The number of aliphatic carboxylic acids is 1. The maximum absolute atomic E-state index is 12.6. The monoisotopic (exact) mass is 407 g/mol. The first kappa shape index (κ1) is 20.7. The van der Waals surface area contributed by atoms with E-state index in [4.69, 9.17) is 4.74 Å². The standard InChI is InChI=1S/C21H20F3NO4/c1-12(10-21(22,23)24)18(19(26)27)25-20(28)29-11-17-15-8-4-2-6-13(15)14-7-3-5-9-16(14)17/h2-9,12,17-18H,10-11H2,1H3,(H,25,28)(H,26,27)/t12-,18-/m0/s1. The molecule has 2 aromatic carbocycles. The molecule has 0 radical (unpaired) electrons. The summed E-state index contributed by atoms with van der Waals surface area (Å²) in [6.45, 7) is 1.07. The Hall–Kier alpha value is -3.03. The van der Waals surface area contributed by atoms with Crippen molar-refractivity contribution in [2.45, 2.75) is 31.5 Å². The van der Waals surface area contributed by atoms with Crippen molar-refractivity contribution in [3.63, 3.8) is 0 Å². The summed E-state index contributed by atoms with van der Waals surface area (Å²) in [5.41, 5.74) is 4.00. The van der Waals surface area contributed by atoms with E-state index >= 15 is 0 Å². The molecule has 29 heavy (non-hydrogen) atoms.